The molecule has 1 fully saturated rings. The van der Waals surface area contributed by atoms with Crippen molar-refractivity contribution in [1.29, 1.82) is 0 Å². The van der Waals surface area contributed by atoms with Crippen LogP contribution in [0.3, 0.4) is 0 Å². The predicted octanol–water partition coefficient (Wildman–Crippen LogP) is 3.53. The largest absolute Gasteiger partial charge is 0.373 e. The number of nitrogens with zero attached hydrogens (tertiary/aromatic N) is 1. The Balaban J connectivity index is 2.04. The van der Waals surface area contributed by atoms with E-state index in [1.165, 1.54) is 43.5 Å². The molecule has 17 heavy (non-hydrogen) atoms. The Hall–Kier alpha value is -0.540. The van der Waals surface area contributed by atoms with E-state index in [0.717, 1.165) is 10.4 Å². The molecule has 2 N–H and O–H groups in total. The Bertz CT molecular complexity index is 372. The predicted molar refractivity (Wildman–Crippen MR) is 77.3 cm³/mol. The van der Waals surface area contributed by atoms with Crippen molar-refractivity contribution < 1.29 is 0 Å². The molecule has 0 aliphatic heterocycles. The lowest BCUT2D eigenvalue weighted by molar-refractivity contribution is 0.547. The van der Waals surface area contributed by atoms with Crippen molar-refractivity contribution in [1.82, 2.24) is 0 Å². The van der Waals surface area contributed by atoms with Crippen LogP contribution < -0.4 is 10.6 Å². The first-order valence-corrected chi connectivity index (χ1v) is 7.19. The van der Waals surface area contributed by atoms with Gasteiger partial charge in [-0.25, -0.2) is 0 Å². The van der Waals surface area contributed by atoms with E-state index in [9.17, 15) is 0 Å². The van der Waals surface area contributed by atoms with Crippen LogP contribution in [0.25, 0.3) is 0 Å². The van der Waals surface area contributed by atoms with Gasteiger partial charge in [-0.15, -0.1) is 0 Å². The third kappa shape index (κ3) is 3.23. The van der Waals surface area contributed by atoms with Crippen molar-refractivity contribution in [3.8, 4) is 0 Å². The zero-order chi connectivity index (χ0) is 12.3. The molecule has 0 saturated heterocycles. The molecule has 0 spiro atoms. The van der Waals surface area contributed by atoms with Gasteiger partial charge in [-0.1, -0.05) is 18.9 Å². The van der Waals surface area contributed by atoms with Gasteiger partial charge in [0.15, 0.2) is 0 Å². The summed E-state index contributed by atoms with van der Waals surface area (Å²) >= 11 is 3.64. The van der Waals surface area contributed by atoms with Crippen LogP contribution in [-0.2, 0) is 6.54 Å². The maximum atomic E-state index is 5.64. The summed E-state index contributed by atoms with van der Waals surface area (Å²) in [5, 5.41) is 0. The third-order valence-electron chi connectivity index (χ3n) is 3.67. The van der Waals surface area contributed by atoms with Crippen LogP contribution in [0.5, 0.6) is 0 Å². The molecular weight excluding hydrogens is 276 g/mol. The number of hydrogen-bond donors (Lipinski definition) is 1. The standard InChI is InChI=1S/C14H21BrN2/c1-17(10-11-4-2-3-5-11)14-7-6-12(9-16)8-13(14)15/h6-8,11H,2-5,9-10,16H2,1H3. The van der Waals surface area contributed by atoms with E-state index in [0.29, 0.717) is 6.54 Å². The minimum Gasteiger partial charge on any atom is -0.373 e. The van der Waals surface area contributed by atoms with Crippen molar-refractivity contribution in [2.45, 2.75) is 32.2 Å². The molecule has 2 nitrogen and oxygen atoms in total. The minimum absolute atomic E-state index is 0.602. The van der Waals surface area contributed by atoms with E-state index in [1.54, 1.807) is 0 Å². The van der Waals surface area contributed by atoms with Crippen molar-refractivity contribution in [2.75, 3.05) is 18.5 Å². The molecule has 1 aliphatic rings. The summed E-state index contributed by atoms with van der Waals surface area (Å²) in [6.07, 6.45) is 5.60. The Morgan fingerprint density at radius 1 is 1.35 bits per heavy atom. The number of rotatable bonds is 4. The molecule has 0 bridgehead atoms. The molecular formula is C14H21BrN2. The number of benzene rings is 1. The molecule has 0 heterocycles. The van der Waals surface area contributed by atoms with Gasteiger partial charge in [0.05, 0.1) is 5.69 Å². The highest BCUT2D eigenvalue weighted by Gasteiger charge is 2.17. The van der Waals surface area contributed by atoms with Gasteiger partial charge in [-0.3, -0.25) is 0 Å². The van der Waals surface area contributed by atoms with Crippen LogP contribution in [0, 0.1) is 5.92 Å². The molecule has 1 aliphatic carbocycles. The first-order chi connectivity index (χ1) is 8.20. The van der Waals surface area contributed by atoms with Gasteiger partial charge >= 0.3 is 0 Å². The molecule has 2 rings (SSSR count). The number of anilines is 1. The van der Waals surface area contributed by atoms with Gasteiger partial charge in [0.2, 0.25) is 0 Å². The van der Waals surface area contributed by atoms with Crippen LogP contribution in [0.1, 0.15) is 31.2 Å². The number of nitrogens with two attached hydrogens (primary N) is 1. The average Bonchev–Trinajstić information content (AvgIpc) is 2.81. The molecule has 1 aromatic carbocycles. The van der Waals surface area contributed by atoms with E-state index in [1.807, 2.05) is 0 Å². The van der Waals surface area contributed by atoms with E-state index in [4.69, 9.17) is 5.73 Å². The minimum atomic E-state index is 0.602. The van der Waals surface area contributed by atoms with Crippen molar-refractivity contribution in [2.24, 2.45) is 11.7 Å². The van der Waals surface area contributed by atoms with E-state index in [-0.39, 0.29) is 0 Å². The molecule has 3 heteroatoms. The monoisotopic (exact) mass is 296 g/mol. The van der Waals surface area contributed by atoms with Crippen LogP contribution >= 0.6 is 15.9 Å². The Kier molecular flexibility index (Phi) is 4.46. The maximum Gasteiger partial charge on any atom is 0.0508 e. The summed E-state index contributed by atoms with van der Waals surface area (Å²) < 4.78 is 1.15. The molecule has 0 amide bonds. The molecule has 0 radical (unpaired) electrons. The first-order valence-electron chi connectivity index (χ1n) is 6.40. The van der Waals surface area contributed by atoms with Gasteiger partial charge in [-0.05, 0) is 52.4 Å². The smallest absolute Gasteiger partial charge is 0.0508 e. The maximum absolute atomic E-state index is 5.64. The van der Waals surface area contributed by atoms with Crippen LogP contribution in [0.2, 0.25) is 0 Å². The van der Waals surface area contributed by atoms with Gasteiger partial charge in [-0.2, -0.15) is 0 Å². The summed E-state index contributed by atoms with van der Waals surface area (Å²) in [5.74, 6) is 0.876. The topological polar surface area (TPSA) is 29.3 Å². The van der Waals surface area contributed by atoms with Crippen molar-refractivity contribution in [3.63, 3.8) is 0 Å². The van der Waals surface area contributed by atoms with Gasteiger partial charge in [0, 0.05) is 24.6 Å². The highest BCUT2D eigenvalue weighted by atomic mass is 79.9. The third-order valence-corrected chi connectivity index (χ3v) is 4.30. The summed E-state index contributed by atoms with van der Waals surface area (Å²) in [6, 6.07) is 6.41. The van der Waals surface area contributed by atoms with Crippen LogP contribution in [0.15, 0.2) is 22.7 Å². The Labute approximate surface area is 112 Å². The van der Waals surface area contributed by atoms with Crippen molar-refractivity contribution in [3.05, 3.63) is 28.2 Å². The molecule has 0 unspecified atom stereocenters. The average molecular weight is 297 g/mol. The molecule has 1 aromatic rings. The fourth-order valence-corrected chi connectivity index (χ4v) is 3.39. The number of hydrogen-bond acceptors (Lipinski definition) is 2. The molecule has 0 atom stereocenters. The normalized spacial score (nSPS) is 16.4. The van der Waals surface area contributed by atoms with Crippen LogP contribution in [0.4, 0.5) is 5.69 Å². The second-order valence-corrected chi connectivity index (χ2v) is 5.88. The highest BCUT2D eigenvalue weighted by Crippen LogP contribution is 2.30. The second kappa shape index (κ2) is 5.87. The Morgan fingerprint density at radius 3 is 2.65 bits per heavy atom. The van der Waals surface area contributed by atoms with E-state index in [2.05, 4.69) is 46.1 Å². The summed E-state index contributed by atoms with van der Waals surface area (Å²) in [6.45, 7) is 1.77. The fourth-order valence-electron chi connectivity index (χ4n) is 2.67. The quantitative estimate of drug-likeness (QED) is 0.921. The lowest BCUT2D eigenvalue weighted by atomic mass is 10.1. The first kappa shape index (κ1) is 12.9. The van der Waals surface area contributed by atoms with Gasteiger partial charge in [0.25, 0.3) is 0 Å². The van der Waals surface area contributed by atoms with Gasteiger partial charge < -0.3 is 10.6 Å². The molecule has 1 saturated carbocycles. The SMILES string of the molecule is CN(CC1CCCC1)c1ccc(CN)cc1Br. The zero-order valence-corrected chi connectivity index (χ0v) is 12.0. The Morgan fingerprint density at radius 2 is 2.06 bits per heavy atom. The fraction of sp³-hybridized carbons (Fsp3) is 0.571. The number of halogens is 1. The zero-order valence-electron chi connectivity index (χ0n) is 10.5. The molecule has 0 aromatic heterocycles. The molecule has 94 valence electrons. The van der Waals surface area contributed by atoms with Crippen molar-refractivity contribution >= 4 is 21.6 Å². The highest BCUT2D eigenvalue weighted by molar-refractivity contribution is 9.10. The summed E-state index contributed by atoms with van der Waals surface area (Å²) in [4.78, 5) is 2.36. The lowest BCUT2D eigenvalue weighted by Gasteiger charge is -2.24. The van der Waals surface area contributed by atoms with E-state index < -0.39 is 0 Å². The van der Waals surface area contributed by atoms with E-state index >= 15 is 0 Å². The summed E-state index contributed by atoms with van der Waals surface area (Å²) in [7, 11) is 2.18. The lowest BCUT2D eigenvalue weighted by Crippen LogP contribution is -2.24. The second-order valence-electron chi connectivity index (χ2n) is 5.02. The van der Waals surface area contributed by atoms with Crippen LogP contribution in [-0.4, -0.2) is 13.6 Å². The summed E-state index contributed by atoms with van der Waals surface area (Å²) in [5.41, 5.74) is 8.09. The van der Waals surface area contributed by atoms with Gasteiger partial charge in [0.1, 0.15) is 0 Å².